The van der Waals surface area contributed by atoms with Crippen LogP contribution in [-0.2, 0) is 4.79 Å². The standard InChI is InChI=1S/C17H13FN2O2S/c1-10-5-6-14(21)13(7-10)19-17-20-16(22)15(23-17)9-11-3-2-4-12(18)8-11/h2-9,21H,1H3,(H,19,20,22)/b15-9-. The Bertz CT molecular complexity index is 846. The fourth-order valence-electron chi connectivity index (χ4n) is 2.06. The maximum atomic E-state index is 13.2. The third-order valence-electron chi connectivity index (χ3n) is 3.15. The van der Waals surface area contributed by atoms with Crippen LogP contribution in [0.25, 0.3) is 6.08 Å². The van der Waals surface area contributed by atoms with Gasteiger partial charge < -0.3 is 10.4 Å². The van der Waals surface area contributed by atoms with Crippen LogP contribution >= 0.6 is 11.8 Å². The number of carbonyl (C=O) groups is 1. The highest BCUT2D eigenvalue weighted by atomic mass is 32.2. The monoisotopic (exact) mass is 328 g/mol. The maximum absolute atomic E-state index is 13.2. The second-order valence-electron chi connectivity index (χ2n) is 5.03. The summed E-state index contributed by atoms with van der Waals surface area (Å²) in [5.74, 6) is -0.619. The molecule has 23 heavy (non-hydrogen) atoms. The summed E-state index contributed by atoms with van der Waals surface area (Å²) in [6.45, 7) is 1.89. The van der Waals surface area contributed by atoms with Gasteiger partial charge in [0.2, 0.25) is 0 Å². The number of carbonyl (C=O) groups excluding carboxylic acids is 1. The van der Waals surface area contributed by atoms with Gasteiger partial charge in [-0.1, -0.05) is 18.2 Å². The minimum Gasteiger partial charge on any atom is -0.506 e. The number of phenols is 1. The van der Waals surface area contributed by atoms with Gasteiger partial charge in [-0.25, -0.2) is 9.38 Å². The van der Waals surface area contributed by atoms with Crippen LogP contribution in [0.1, 0.15) is 11.1 Å². The van der Waals surface area contributed by atoms with E-state index in [1.54, 1.807) is 36.4 Å². The van der Waals surface area contributed by atoms with Gasteiger partial charge in [-0.2, -0.15) is 0 Å². The molecule has 1 heterocycles. The number of aromatic hydroxyl groups is 1. The largest absolute Gasteiger partial charge is 0.506 e. The van der Waals surface area contributed by atoms with Crippen molar-refractivity contribution in [3.8, 4) is 5.75 Å². The predicted molar refractivity (Wildman–Crippen MR) is 90.0 cm³/mol. The number of nitrogens with zero attached hydrogens (tertiary/aromatic N) is 1. The van der Waals surface area contributed by atoms with E-state index in [-0.39, 0.29) is 17.5 Å². The SMILES string of the molecule is Cc1ccc(O)c(N=C2NC(=O)/C(=C/c3cccc(F)c3)S2)c1. The van der Waals surface area contributed by atoms with Gasteiger partial charge in [0.15, 0.2) is 5.17 Å². The average Bonchev–Trinajstić information content (AvgIpc) is 2.83. The van der Waals surface area contributed by atoms with E-state index in [0.29, 0.717) is 21.3 Å². The first-order chi connectivity index (χ1) is 11.0. The minimum atomic E-state index is -0.360. The van der Waals surface area contributed by atoms with Crippen molar-refractivity contribution in [2.45, 2.75) is 6.92 Å². The fourth-order valence-corrected chi connectivity index (χ4v) is 2.90. The van der Waals surface area contributed by atoms with Gasteiger partial charge in [0.1, 0.15) is 17.3 Å². The number of nitrogens with one attached hydrogen (secondary N) is 1. The number of hydrogen-bond donors (Lipinski definition) is 2. The summed E-state index contributed by atoms with van der Waals surface area (Å²) in [5.41, 5.74) is 1.94. The van der Waals surface area contributed by atoms with E-state index in [2.05, 4.69) is 10.3 Å². The molecular formula is C17H13FN2O2S. The van der Waals surface area contributed by atoms with E-state index in [1.807, 2.05) is 6.92 Å². The third-order valence-corrected chi connectivity index (χ3v) is 4.06. The van der Waals surface area contributed by atoms with E-state index in [9.17, 15) is 14.3 Å². The fraction of sp³-hybridized carbons (Fsp3) is 0.0588. The number of benzene rings is 2. The number of aryl methyl sites for hydroxylation is 1. The summed E-state index contributed by atoms with van der Waals surface area (Å²) in [4.78, 5) is 16.7. The molecule has 4 nitrogen and oxygen atoms in total. The Balaban J connectivity index is 1.87. The Morgan fingerprint density at radius 2 is 2.09 bits per heavy atom. The molecular weight excluding hydrogens is 315 g/mol. The van der Waals surface area contributed by atoms with E-state index >= 15 is 0 Å². The number of thioether (sulfide) groups is 1. The molecule has 0 atom stereocenters. The van der Waals surface area contributed by atoms with Crippen molar-refractivity contribution in [1.82, 2.24) is 5.32 Å². The molecule has 2 aromatic carbocycles. The number of halogens is 1. The minimum absolute atomic E-state index is 0.0421. The lowest BCUT2D eigenvalue weighted by molar-refractivity contribution is -0.115. The van der Waals surface area contributed by atoms with E-state index in [0.717, 1.165) is 17.3 Å². The van der Waals surface area contributed by atoms with Gasteiger partial charge in [0, 0.05) is 0 Å². The van der Waals surface area contributed by atoms with Crippen LogP contribution in [0.15, 0.2) is 52.4 Å². The molecule has 1 amide bonds. The normalized spacial score (nSPS) is 17.7. The van der Waals surface area contributed by atoms with Crippen molar-refractivity contribution in [2.24, 2.45) is 4.99 Å². The molecule has 0 unspecified atom stereocenters. The zero-order valence-corrected chi connectivity index (χ0v) is 13.0. The molecule has 0 aliphatic carbocycles. The molecule has 0 spiro atoms. The molecule has 1 aliphatic rings. The van der Waals surface area contributed by atoms with Crippen LogP contribution in [0.3, 0.4) is 0 Å². The lowest BCUT2D eigenvalue weighted by Crippen LogP contribution is -2.19. The molecule has 3 rings (SSSR count). The number of hydrogen-bond acceptors (Lipinski definition) is 4. The Labute approximate surface area is 136 Å². The lowest BCUT2D eigenvalue weighted by Gasteiger charge is -2.01. The molecule has 0 saturated carbocycles. The summed E-state index contributed by atoms with van der Waals surface area (Å²) in [6.07, 6.45) is 1.60. The molecule has 0 radical (unpaired) electrons. The molecule has 0 aromatic heterocycles. The number of aliphatic imine (C=N–C) groups is 1. The summed E-state index contributed by atoms with van der Waals surface area (Å²) in [7, 11) is 0. The molecule has 2 aromatic rings. The highest BCUT2D eigenvalue weighted by Gasteiger charge is 2.24. The van der Waals surface area contributed by atoms with E-state index in [4.69, 9.17) is 0 Å². The van der Waals surface area contributed by atoms with Crippen molar-refractivity contribution in [2.75, 3.05) is 0 Å². The average molecular weight is 328 g/mol. The predicted octanol–water partition coefficient (Wildman–Crippen LogP) is 3.73. The Morgan fingerprint density at radius 1 is 1.26 bits per heavy atom. The molecule has 2 N–H and O–H groups in total. The van der Waals surface area contributed by atoms with Gasteiger partial charge in [-0.05, 0) is 60.2 Å². The second-order valence-corrected chi connectivity index (χ2v) is 6.06. The molecule has 1 saturated heterocycles. The van der Waals surface area contributed by atoms with Gasteiger partial charge in [0.25, 0.3) is 5.91 Å². The molecule has 1 aliphatic heterocycles. The molecule has 1 fully saturated rings. The molecule has 116 valence electrons. The number of phenolic OH excluding ortho intramolecular Hbond substituents is 1. The van der Waals surface area contributed by atoms with Crippen molar-refractivity contribution < 1.29 is 14.3 Å². The van der Waals surface area contributed by atoms with Crippen LogP contribution in [0, 0.1) is 12.7 Å². The Hall–Kier alpha value is -2.60. The topological polar surface area (TPSA) is 61.7 Å². The van der Waals surface area contributed by atoms with E-state index < -0.39 is 0 Å². The van der Waals surface area contributed by atoms with Crippen molar-refractivity contribution >= 4 is 34.6 Å². The first-order valence-corrected chi connectivity index (χ1v) is 7.68. The van der Waals surface area contributed by atoms with Gasteiger partial charge in [0.05, 0.1) is 4.91 Å². The van der Waals surface area contributed by atoms with Crippen LogP contribution in [-0.4, -0.2) is 16.2 Å². The van der Waals surface area contributed by atoms with Crippen LogP contribution in [0.4, 0.5) is 10.1 Å². The van der Waals surface area contributed by atoms with Gasteiger partial charge >= 0.3 is 0 Å². The Morgan fingerprint density at radius 3 is 2.87 bits per heavy atom. The number of rotatable bonds is 2. The van der Waals surface area contributed by atoms with Gasteiger partial charge in [-0.15, -0.1) is 0 Å². The van der Waals surface area contributed by atoms with Crippen LogP contribution < -0.4 is 5.32 Å². The summed E-state index contributed by atoms with van der Waals surface area (Å²) in [5, 5.41) is 12.8. The number of amides is 1. The quantitative estimate of drug-likeness (QED) is 0.826. The van der Waals surface area contributed by atoms with Crippen LogP contribution in [0.2, 0.25) is 0 Å². The molecule has 0 bridgehead atoms. The summed E-state index contributed by atoms with van der Waals surface area (Å²) in [6, 6.07) is 11.0. The zero-order chi connectivity index (χ0) is 16.4. The van der Waals surface area contributed by atoms with Crippen molar-refractivity contribution in [3.63, 3.8) is 0 Å². The van der Waals surface area contributed by atoms with Gasteiger partial charge in [-0.3, -0.25) is 4.79 Å². The first-order valence-electron chi connectivity index (χ1n) is 6.86. The smallest absolute Gasteiger partial charge is 0.264 e. The van der Waals surface area contributed by atoms with Crippen molar-refractivity contribution in [1.29, 1.82) is 0 Å². The Kier molecular flexibility index (Phi) is 4.16. The summed E-state index contributed by atoms with van der Waals surface area (Å²) < 4.78 is 13.2. The highest BCUT2D eigenvalue weighted by Crippen LogP contribution is 2.32. The second kappa shape index (κ2) is 6.26. The highest BCUT2D eigenvalue weighted by molar-refractivity contribution is 8.18. The molecule has 6 heteroatoms. The maximum Gasteiger partial charge on any atom is 0.264 e. The third kappa shape index (κ3) is 3.60. The lowest BCUT2D eigenvalue weighted by atomic mass is 10.2. The zero-order valence-electron chi connectivity index (χ0n) is 12.2. The summed E-state index contributed by atoms with van der Waals surface area (Å²) >= 11 is 1.15. The first kappa shape index (κ1) is 15.3. The van der Waals surface area contributed by atoms with Crippen LogP contribution in [0.5, 0.6) is 5.75 Å². The van der Waals surface area contributed by atoms with Crippen molar-refractivity contribution in [3.05, 3.63) is 64.3 Å². The number of amidine groups is 1. The van der Waals surface area contributed by atoms with E-state index in [1.165, 1.54) is 12.1 Å².